The summed E-state index contributed by atoms with van der Waals surface area (Å²) in [6.07, 6.45) is 1.69. The van der Waals surface area contributed by atoms with E-state index in [9.17, 15) is 4.79 Å². The van der Waals surface area contributed by atoms with Gasteiger partial charge in [-0.3, -0.25) is 4.79 Å². The van der Waals surface area contributed by atoms with Crippen LogP contribution in [-0.2, 0) is 12.0 Å². The van der Waals surface area contributed by atoms with Crippen molar-refractivity contribution in [1.82, 2.24) is 5.43 Å². The minimum atomic E-state index is -0.283. The third kappa shape index (κ3) is 5.41. The first-order valence-electron chi connectivity index (χ1n) is 12.6. The molecule has 0 heterocycles. The van der Waals surface area contributed by atoms with E-state index in [1.54, 1.807) is 18.3 Å². The summed E-state index contributed by atoms with van der Waals surface area (Å²) >= 11 is 6.68. The Kier molecular flexibility index (Phi) is 7.17. The van der Waals surface area contributed by atoms with Crippen molar-refractivity contribution in [1.29, 1.82) is 0 Å². The van der Waals surface area contributed by atoms with Crippen LogP contribution in [-0.4, -0.2) is 12.1 Å². The summed E-state index contributed by atoms with van der Waals surface area (Å²) in [7, 11) is 0. The van der Waals surface area contributed by atoms with Gasteiger partial charge in [-0.1, -0.05) is 105 Å². The smallest absolute Gasteiger partial charge is 0.271 e. The molecular weight excluding hydrogens is 492 g/mol. The molecule has 0 saturated carbocycles. The minimum Gasteiger partial charge on any atom is -0.489 e. The number of hydrazone groups is 1. The van der Waals surface area contributed by atoms with Crippen LogP contribution in [0.1, 0.15) is 47.8 Å². The van der Waals surface area contributed by atoms with Crippen LogP contribution < -0.4 is 10.2 Å². The van der Waals surface area contributed by atoms with E-state index in [1.807, 2.05) is 72.8 Å². The first-order chi connectivity index (χ1) is 18.3. The summed E-state index contributed by atoms with van der Waals surface area (Å²) in [5, 5.41) is 8.84. The highest BCUT2D eigenvalue weighted by atomic mass is 35.5. The van der Waals surface area contributed by atoms with Crippen molar-refractivity contribution in [2.45, 2.75) is 32.8 Å². The van der Waals surface area contributed by atoms with E-state index < -0.39 is 0 Å². The van der Waals surface area contributed by atoms with Gasteiger partial charge in [0.15, 0.2) is 0 Å². The number of ether oxygens (including phenoxy) is 1. The summed E-state index contributed by atoms with van der Waals surface area (Å²) in [4.78, 5) is 12.7. The monoisotopic (exact) mass is 520 g/mol. The fraction of sp³-hybridized carbons (Fsp3) is 0.152. The Morgan fingerprint density at radius 2 is 1.37 bits per heavy atom. The maximum Gasteiger partial charge on any atom is 0.271 e. The molecule has 1 amide bonds. The number of nitrogens with one attached hydrogen (secondary N) is 1. The van der Waals surface area contributed by atoms with Gasteiger partial charge in [0.05, 0.1) is 11.2 Å². The molecule has 38 heavy (non-hydrogen) atoms. The second-order valence-corrected chi connectivity index (χ2v) is 10.7. The number of hydrogen-bond acceptors (Lipinski definition) is 3. The van der Waals surface area contributed by atoms with Gasteiger partial charge in [-0.25, -0.2) is 5.43 Å². The molecule has 5 aromatic carbocycles. The molecule has 0 aliphatic heterocycles. The van der Waals surface area contributed by atoms with Gasteiger partial charge in [-0.05, 0) is 51.6 Å². The summed E-state index contributed by atoms with van der Waals surface area (Å²) in [6, 6.07) is 31.4. The summed E-state index contributed by atoms with van der Waals surface area (Å²) in [5.41, 5.74) is 6.43. The number of halogens is 1. The predicted octanol–water partition coefficient (Wildman–Crippen LogP) is 8.29. The predicted molar refractivity (Wildman–Crippen MR) is 157 cm³/mol. The fourth-order valence-corrected chi connectivity index (χ4v) is 4.77. The van der Waals surface area contributed by atoms with Crippen LogP contribution in [0.15, 0.2) is 102 Å². The molecule has 5 aromatic rings. The van der Waals surface area contributed by atoms with Crippen molar-refractivity contribution in [2.75, 3.05) is 0 Å². The Morgan fingerprint density at radius 3 is 1.92 bits per heavy atom. The van der Waals surface area contributed by atoms with Gasteiger partial charge >= 0.3 is 0 Å². The van der Waals surface area contributed by atoms with E-state index >= 15 is 0 Å². The Morgan fingerprint density at radius 1 is 0.816 bits per heavy atom. The lowest BCUT2D eigenvalue weighted by molar-refractivity contribution is 0.0955. The van der Waals surface area contributed by atoms with Crippen LogP contribution >= 0.6 is 11.6 Å². The Bertz CT molecular complexity index is 1580. The van der Waals surface area contributed by atoms with Gasteiger partial charge in [0.1, 0.15) is 12.4 Å². The lowest BCUT2D eigenvalue weighted by atomic mass is 9.87. The highest BCUT2D eigenvalue weighted by Gasteiger charge is 2.13. The zero-order valence-corrected chi connectivity index (χ0v) is 22.4. The first-order valence-corrected chi connectivity index (χ1v) is 12.9. The topological polar surface area (TPSA) is 50.7 Å². The highest BCUT2D eigenvalue weighted by molar-refractivity contribution is 6.42. The minimum absolute atomic E-state index is 0.107. The molecule has 0 radical (unpaired) electrons. The second kappa shape index (κ2) is 10.7. The van der Waals surface area contributed by atoms with Crippen molar-refractivity contribution < 1.29 is 9.53 Å². The van der Waals surface area contributed by atoms with Gasteiger partial charge in [-0.15, -0.1) is 0 Å². The second-order valence-electron chi connectivity index (χ2n) is 10.3. The van der Waals surface area contributed by atoms with Gasteiger partial charge in [0.2, 0.25) is 0 Å². The van der Waals surface area contributed by atoms with Crippen LogP contribution in [0, 0.1) is 0 Å². The summed E-state index contributed by atoms with van der Waals surface area (Å²) in [6.45, 7) is 6.99. The molecule has 5 heteroatoms. The molecule has 0 atom stereocenters. The molecule has 0 bridgehead atoms. The van der Waals surface area contributed by atoms with E-state index in [-0.39, 0.29) is 11.3 Å². The zero-order valence-electron chi connectivity index (χ0n) is 21.7. The fourth-order valence-electron chi connectivity index (χ4n) is 4.44. The molecule has 4 nitrogen and oxygen atoms in total. The normalized spacial score (nSPS) is 11.8. The van der Waals surface area contributed by atoms with Crippen molar-refractivity contribution in [2.24, 2.45) is 5.10 Å². The number of carbonyl (C=O) groups is 1. The first kappa shape index (κ1) is 25.5. The summed E-state index contributed by atoms with van der Waals surface area (Å²) in [5.74, 6) is 0.533. The van der Waals surface area contributed by atoms with Crippen LogP contribution in [0.2, 0.25) is 5.02 Å². The van der Waals surface area contributed by atoms with Crippen LogP contribution in [0.25, 0.3) is 21.5 Å². The maximum atomic E-state index is 12.7. The van der Waals surface area contributed by atoms with Crippen molar-refractivity contribution >= 4 is 45.3 Å². The molecule has 0 unspecified atom stereocenters. The molecule has 0 aliphatic rings. The van der Waals surface area contributed by atoms with E-state index in [0.717, 1.165) is 38.4 Å². The lowest BCUT2D eigenvalue weighted by Crippen LogP contribution is -2.17. The maximum absolute atomic E-state index is 12.7. The molecule has 0 fully saturated rings. The van der Waals surface area contributed by atoms with Gasteiger partial charge in [-0.2, -0.15) is 5.10 Å². The Hall–Kier alpha value is -4.15. The molecule has 190 valence electrons. The molecule has 1 N–H and O–H groups in total. The molecule has 0 saturated heterocycles. The van der Waals surface area contributed by atoms with E-state index in [2.05, 4.69) is 43.4 Å². The molecular formula is C33H29ClN2O2. The number of rotatable bonds is 6. The highest BCUT2D eigenvalue weighted by Crippen LogP contribution is 2.35. The zero-order chi connectivity index (χ0) is 26.7. The molecule has 0 aromatic heterocycles. The number of nitrogens with zero attached hydrogens (tertiary/aromatic N) is 1. The van der Waals surface area contributed by atoms with E-state index in [4.69, 9.17) is 16.3 Å². The molecule has 5 rings (SSSR count). The third-order valence-corrected chi connectivity index (χ3v) is 7.02. The van der Waals surface area contributed by atoms with Gasteiger partial charge in [0.25, 0.3) is 5.91 Å². The number of amides is 1. The van der Waals surface area contributed by atoms with E-state index in [0.29, 0.717) is 17.2 Å². The molecule has 0 aliphatic carbocycles. The largest absolute Gasteiger partial charge is 0.489 e. The number of carbonyl (C=O) groups excluding carboxylic acids is 1. The van der Waals surface area contributed by atoms with Crippen LogP contribution in [0.3, 0.4) is 0 Å². The number of hydrogen-bond donors (Lipinski definition) is 1. The summed E-state index contributed by atoms with van der Waals surface area (Å²) < 4.78 is 5.92. The Balaban J connectivity index is 1.26. The van der Waals surface area contributed by atoms with Crippen molar-refractivity contribution in [3.8, 4) is 5.75 Å². The van der Waals surface area contributed by atoms with Gasteiger partial charge < -0.3 is 4.74 Å². The van der Waals surface area contributed by atoms with Crippen LogP contribution in [0.4, 0.5) is 0 Å². The van der Waals surface area contributed by atoms with Gasteiger partial charge in [0, 0.05) is 21.9 Å². The molecule has 0 spiro atoms. The lowest BCUT2D eigenvalue weighted by Gasteiger charge is -2.19. The quantitative estimate of drug-likeness (QED) is 0.139. The standard InChI is InChI=1S/C33H29ClN2O2/c1-33(2,3)24-16-18-25(19-17-24)38-21-22-12-14-23(15-13-22)32(37)36-35-20-30-26-8-4-6-10-28(26)31(34)29-11-7-5-9-27(29)30/h4-20H,21H2,1-3H3,(H,36,37)/b35-20+. The average Bonchev–Trinajstić information content (AvgIpc) is 2.93. The van der Waals surface area contributed by atoms with E-state index in [1.165, 1.54) is 5.56 Å². The SMILES string of the molecule is CC(C)(C)c1ccc(OCc2ccc(C(=O)N/N=C/c3c4ccccc4c(Cl)c4ccccc34)cc2)cc1. The third-order valence-electron chi connectivity index (χ3n) is 6.61. The van der Waals surface area contributed by atoms with Crippen molar-refractivity contribution in [3.63, 3.8) is 0 Å². The number of benzene rings is 5. The average molecular weight is 521 g/mol. The Labute approximate surface area is 227 Å². The van der Waals surface area contributed by atoms with Crippen LogP contribution in [0.5, 0.6) is 5.75 Å². The number of fused-ring (bicyclic) bond motifs is 2. The van der Waals surface area contributed by atoms with Crippen molar-refractivity contribution in [3.05, 3.63) is 124 Å².